The summed E-state index contributed by atoms with van der Waals surface area (Å²) in [6.45, 7) is 3.06. The van der Waals surface area contributed by atoms with Crippen molar-refractivity contribution in [3.05, 3.63) is 0 Å². The van der Waals surface area contributed by atoms with Gasteiger partial charge in [0.05, 0.1) is 38.6 Å². The summed E-state index contributed by atoms with van der Waals surface area (Å²) in [6, 6.07) is 0. The number of aliphatic hydroxyl groups is 12. The zero-order valence-corrected chi connectivity index (χ0v) is 19.4. The maximum Gasteiger partial charge on any atom is 0.111 e. The van der Waals surface area contributed by atoms with Gasteiger partial charge in [-0.25, -0.2) is 0 Å². The van der Waals surface area contributed by atoms with Crippen LogP contribution in [0, 0.1) is 0 Å². The van der Waals surface area contributed by atoms with Gasteiger partial charge in [-0.05, 0) is 12.8 Å². The van der Waals surface area contributed by atoms with Gasteiger partial charge >= 0.3 is 0 Å². The summed E-state index contributed by atoms with van der Waals surface area (Å²) in [6.07, 6.45) is -12.0. The average molecular weight is 507 g/mol. The quantitative estimate of drug-likeness (QED) is 0.104. The number of epoxide rings is 2. The third-order valence-electron chi connectivity index (χ3n) is 5.32. The molecule has 0 aromatic carbocycles. The highest BCUT2D eigenvalue weighted by Gasteiger charge is 2.44. The van der Waals surface area contributed by atoms with Crippen molar-refractivity contribution >= 4 is 0 Å². The molecule has 14 nitrogen and oxygen atoms in total. The number of hydrogen-bond donors (Lipinski definition) is 12. The van der Waals surface area contributed by atoms with Crippen LogP contribution in [0.5, 0.6) is 0 Å². The van der Waals surface area contributed by atoms with E-state index < -0.39 is 74.3 Å². The first-order valence-electron chi connectivity index (χ1n) is 11.1. The van der Waals surface area contributed by atoms with Crippen molar-refractivity contribution in [2.24, 2.45) is 0 Å². The first-order valence-corrected chi connectivity index (χ1v) is 11.1. The van der Waals surface area contributed by atoms with E-state index in [4.69, 9.17) is 50.3 Å². The van der Waals surface area contributed by atoms with Crippen molar-refractivity contribution in [2.75, 3.05) is 26.4 Å². The molecule has 206 valence electrons. The predicted molar refractivity (Wildman–Crippen MR) is 114 cm³/mol. The third kappa shape index (κ3) is 11.9. The molecule has 0 spiro atoms. The van der Waals surface area contributed by atoms with Crippen molar-refractivity contribution in [2.45, 2.75) is 99.9 Å². The monoisotopic (exact) mass is 506 g/mol. The minimum atomic E-state index is -1.67. The molecule has 2 rings (SSSR count). The summed E-state index contributed by atoms with van der Waals surface area (Å²) in [7, 11) is 0. The Morgan fingerprint density at radius 1 is 0.529 bits per heavy atom. The number of hydrogen-bond acceptors (Lipinski definition) is 14. The fraction of sp³-hybridized carbons (Fsp3) is 1.00. The van der Waals surface area contributed by atoms with E-state index >= 15 is 0 Å². The van der Waals surface area contributed by atoms with E-state index in [1.165, 1.54) is 0 Å². The van der Waals surface area contributed by atoms with Gasteiger partial charge < -0.3 is 70.8 Å². The maximum atomic E-state index is 9.23. The molecule has 14 heteroatoms. The van der Waals surface area contributed by atoms with Gasteiger partial charge in [0.25, 0.3) is 0 Å². The molecular weight excluding hydrogens is 464 g/mol. The van der Waals surface area contributed by atoms with Crippen molar-refractivity contribution in [1.29, 1.82) is 0 Å². The van der Waals surface area contributed by atoms with E-state index in [1.54, 1.807) is 13.8 Å². The zero-order valence-electron chi connectivity index (χ0n) is 19.4. The first kappa shape index (κ1) is 33.4. The van der Waals surface area contributed by atoms with Crippen LogP contribution in [0.25, 0.3) is 0 Å². The molecule has 2 aliphatic rings. The second-order valence-electron chi connectivity index (χ2n) is 8.14. The summed E-state index contributed by atoms with van der Waals surface area (Å²) in [5.41, 5.74) is 0. The van der Waals surface area contributed by atoms with Crippen molar-refractivity contribution in [3.8, 4) is 0 Å². The van der Waals surface area contributed by atoms with Crippen LogP contribution in [0.1, 0.15) is 26.7 Å². The minimum Gasteiger partial charge on any atom is -0.394 e. The standard InChI is InChI=1S/C8H18O4.C6H14O6.C6H10O4/c1-3-5(9)7(11)8(12)6(10)4-2;7-1-3(9)5(11)6(12)4(10)2-8;7-5(3-1-9-3)6(8)4-2-10-4/h5-12H,3-4H2,1-2H3;3-12H,1-2H2;3-8H,1-2H2/t5-,6-,7+,8+;2*3-,4-,5+,6+/m111/s1. The van der Waals surface area contributed by atoms with Gasteiger partial charge in [0.15, 0.2) is 0 Å². The van der Waals surface area contributed by atoms with Crippen molar-refractivity contribution < 1.29 is 70.8 Å². The Morgan fingerprint density at radius 3 is 0.941 bits per heavy atom. The molecule has 0 bridgehead atoms. The lowest BCUT2D eigenvalue weighted by atomic mass is 10.0. The SMILES string of the molecule is CC[C@@H](O)[C@H](O)[C@@H](O)[C@H](O)CC.OC[C@@H](O)[C@H](O)[C@@H](O)[C@H](O)CO.O[C@H]([C@@H](O)[C@H]1CO1)[C@H]1CO1. The summed E-state index contributed by atoms with van der Waals surface area (Å²) in [5, 5.41) is 107. The fourth-order valence-corrected chi connectivity index (χ4v) is 2.55. The second-order valence-corrected chi connectivity index (χ2v) is 8.14. The van der Waals surface area contributed by atoms with Gasteiger partial charge in [0.1, 0.15) is 61.0 Å². The van der Waals surface area contributed by atoms with Gasteiger partial charge in [-0.2, -0.15) is 0 Å². The van der Waals surface area contributed by atoms with Crippen molar-refractivity contribution in [3.63, 3.8) is 0 Å². The highest BCUT2D eigenvalue weighted by atomic mass is 16.6. The summed E-state index contributed by atoms with van der Waals surface area (Å²) in [5.74, 6) is 0. The molecule has 0 aromatic rings. The van der Waals surface area contributed by atoms with Crippen molar-refractivity contribution in [1.82, 2.24) is 0 Å². The summed E-state index contributed by atoms with van der Waals surface area (Å²) < 4.78 is 9.61. The molecule has 12 N–H and O–H groups in total. The van der Waals surface area contributed by atoms with Crippen LogP contribution >= 0.6 is 0 Å². The third-order valence-corrected chi connectivity index (χ3v) is 5.32. The largest absolute Gasteiger partial charge is 0.394 e. The van der Waals surface area contributed by atoms with E-state index in [-0.39, 0.29) is 12.2 Å². The second kappa shape index (κ2) is 17.0. The topological polar surface area (TPSA) is 268 Å². The van der Waals surface area contributed by atoms with E-state index in [1.807, 2.05) is 0 Å². The smallest absolute Gasteiger partial charge is 0.111 e. The zero-order chi connectivity index (χ0) is 26.6. The van der Waals surface area contributed by atoms with Gasteiger partial charge in [0, 0.05) is 0 Å². The number of ether oxygens (including phenoxy) is 2. The molecule has 2 heterocycles. The highest BCUT2D eigenvalue weighted by Crippen LogP contribution is 2.24. The molecule has 34 heavy (non-hydrogen) atoms. The summed E-state index contributed by atoms with van der Waals surface area (Å²) in [4.78, 5) is 0. The Bertz CT molecular complexity index is 434. The molecular formula is C20H42O14. The molecule has 0 saturated carbocycles. The van der Waals surface area contributed by atoms with Crippen LogP contribution in [0.15, 0.2) is 0 Å². The van der Waals surface area contributed by atoms with Gasteiger partial charge in [-0.3, -0.25) is 0 Å². The molecule has 0 radical (unpaired) electrons. The molecule has 0 unspecified atom stereocenters. The van der Waals surface area contributed by atoms with Crippen LogP contribution in [0.4, 0.5) is 0 Å². The van der Waals surface area contributed by atoms with Gasteiger partial charge in [-0.1, -0.05) is 13.8 Å². The van der Waals surface area contributed by atoms with Crippen LogP contribution in [0.3, 0.4) is 0 Å². The highest BCUT2D eigenvalue weighted by molar-refractivity contribution is 4.91. The number of aliphatic hydroxyl groups excluding tert-OH is 12. The van der Waals surface area contributed by atoms with Crippen LogP contribution < -0.4 is 0 Å². The Labute approximate surface area is 197 Å². The van der Waals surface area contributed by atoms with E-state index in [2.05, 4.69) is 0 Å². The predicted octanol–water partition coefficient (Wildman–Crippen LogP) is -5.83. The molecule has 2 fully saturated rings. The molecule has 2 aliphatic heterocycles. The summed E-state index contributed by atoms with van der Waals surface area (Å²) >= 11 is 0. The normalized spacial score (nSPS) is 27.7. The molecule has 0 amide bonds. The van der Waals surface area contributed by atoms with Crippen LogP contribution in [0.2, 0.25) is 0 Å². The Kier molecular flexibility index (Phi) is 16.7. The fourth-order valence-electron chi connectivity index (χ4n) is 2.55. The lowest BCUT2D eigenvalue weighted by Crippen LogP contribution is -2.46. The Morgan fingerprint density at radius 2 is 0.765 bits per heavy atom. The van der Waals surface area contributed by atoms with Gasteiger partial charge in [0.2, 0.25) is 0 Å². The molecule has 0 aromatic heterocycles. The molecule has 12 atom stereocenters. The average Bonchev–Trinajstić information content (AvgIpc) is 3.77. The van der Waals surface area contributed by atoms with Crippen LogP contribution in [-0.4, -0.2) is 161 Å². The van der Waals surface area contributed by atoms with E-state index in [0.717, 1.165) is 0 Å². The lowest BCUT2D eigenvalue weighted by Gasteiger charge is -2.25. The molecule has 0 aliphatic carbocycles. The maximum absolute atomic E-state index is 9.23. The Hall–Kier alpha value is -0.560. The van der Waals surface area contributed by atoms with E-state index in [9.17, 15) is 20.4 Å². The van der Waals surface area contributed by atoms with Crippen LogP contribution in [-0.2, 0) is 9.47 Å². The van der Waals surface area contributed by atoms with E-state index in [0.29, 0.717) is 26.1 Å². The van der Waals surface area contributed by atoms with Gasteiger partial charge in [-0.15, -0.1) is 0 Å². The minimum absolute atomic E-state index is 0.154. The number of rotatable bonds is 13. The first-order chi connectivity index (χ1) is 15.9. The molecule has 2 saturated heterocycles. The Balaban J connectivity index is 0.000000481. The lowest BCUT2D eigenvalue weighted by molar-refractivity contribution is -0.123.